The lowest BCUT2D eigenvalue weighted by Gasteiger charge is -2.21. The van der Waals surface area contributed by atoms with Gasteiger partial charge in [-0.25, -0.2) is 4.21 Å². The van der Waals surface area contributed by atoms with Crippen LogP contribution in [0.3, 0.4) is 0 Å². The van der Waals surface area contributed by atoms with Crippen LogP contribution in [0.15, 0.2) is 17.3 Å². The van der Waals surface area contributed by atoms with E-state index in [1.54, 1.807) is 0 Å². The molecule has 0 bridgehead atoms. The number of hydrogen-bond donors (Lipinski definition) is 1. The molecule has 134 valence electrons. The Morgan fingerprint density at radius 3 is 2.20 bits per heavy atom. The third-order valence-electron chi connectivity index (χ3n) is 2.91. The molecule has 1 heterocycles. The molecule has 0 radical (unpaired) electrons. The van der Waals surface area contributed by atoms with Gasteiger partial charge < -0.3 is 0 Å². The van der Waals surface area contributed by atoms with Crippen molar-refractivity contribution in [1.29, 1.82) is 5.26 Å². The van der Waals surface area contributed by atoms with Crippen LogP contribution in [-0.2, 0) is 17.0 Å². The van der Waals surface area contributed by atoms with Gasteiger partial charge in [0.15, 0.2) is 0 Å². The van der Waals surface area contributed by atoms with Crippen LogP contribution in [0.2, 0.25) is 10.0 Å². The second-order valence-corrected chi connectivity index (χ2v) is 8.34. The minimum Gasteiger partial charge on any atom is -0.285 e. The molecule has 2 rings (SSSR count). The maximum absolute atomic E-state index is 13.7. The number of halogens is 8. The summed E-state index contributed by atoms with van der Waals surface area (Å²) in [6.45, 7) is 0. The van der Waals surface area contributed by atoms with Gasteiger partial charge in [0.05, 0.1) is 32.3 Å². The van der Waals surface area contributed by atoms with Gasteiger partial charge in [0, 0.05) is 17.3 Å². The first-order valence-electron chi connectivity index (χ1n) is 5.91. The number of H-pyrrole nitrogens is 1. The number of nitrogens with zero attached hydrogens (tertiary/aromatic N) is 2. The summed E-state index contributed by atoms with van der Waals surface area (Å²) in [7, 11) is -3.29. The Kier molecular flexibility index (Phi) is 5.62. The molecule has 2 aromatic rings. The summed E-state index contributed by atoms with van der Waals surface area (Å²) in [6, 6.07) is 1.26. The van der Waals surface area contributed by atoms with Gasteiger partial charge in [0.1, 0.15) is 16.9 Å². The fraction of sp³-hybridized carbons (Fsp3) is 0.167. The molecule has 1 atom stereocenters. The maximum Gasteiger partial charge on any atom is 0.418 e. The van der Waals surface area contributed by atoms with E-state index in [1.807, 2.05) is 0 Å². The quantitative estimate of drug-likeness (QED) is 0.495. The molecular weight excluding hydrogens is 452 g/mol. The van der Waals surface area contributed by atoms with Crippen molar-refractivity contribution < 1.29 is 21.8 Å². The highest BCUT2D eigenvalue weighted by Crippen LogP contribution is 2.50. The Balaban J connectivity index is 3.05. The molecule has 0 fully saturated rings. The summed E-state index contributed by atoms with van der Waals surface area (Å²) in [6.07, 6.45) is -2.89. The molecule has 0 saturated heterocycles. The molecule has 0 spiro atoms. The molecule has 1 aromatic carbocycles. The molecular formula is C12H3Cl4F4N3OS. The average Bonchev–Trinajstić information content (AvgIpc) is 2.98. The Morgan fingerprint density at radius 2 is 1.80 bits per heavy atom. The summed E-state index contributed by atoms with van der Waals surface area (Å²) < 4.78 is 62.6. The SMILES string of the molecule is N#Cc1c(Cl)c(-c2cn[nH]c2)c(Cl)c(S(=O)C(F)(Cl)Cl)c1C(F)(F)F. The average molecular weight is 455 g/mol. The van der Waals surface area contributed by atoms with Crippen LogP contribution in [0.1, 0.15) is 11.1 Å². The van der Waals surface area contributed by atoms with E-state index in [1.165, 1.54) is 12.3 Å². The number of rotatable bonds is 3. The van der Waals surface area contributed by atoms with Crippen LogP contribution < -0.4 is 0 Å². The van der Waals surface area contributed by atoms with Gasteiger partial charge in [0.25, 0.3) is 0 Å². The number of aromatic nitrogens is 2. The first-order chi connectivity index (χ1) is 11.4. The Hall–Kier alpha value is -1.05. The Morgan fingerprint density at radius 1 is 1.20 bits per heavy atom. The molecule has 0 aliphatic carbocycles. The minimum absolute atomic E-state index is 0.0760. The van der Waals surface area contributed by atoms with Gasteiger partial charge >= 0.3 is 10.1 Å². The van der Waals surface area contributed by atoms with E-state index in [9.17, 15) is 21.8 Å². The molecule has 0 aliphatic heterocycles. The number of hydrogen-bond acceptors (Lipinski definition) is 3. The van der Waals surface area contributed by atoms with Crippen LogP contribution in [0.25, 0.3) is 11.1 Å². The molecule has 1 aromatic heterocycles. The van der Waals surface area contributed by atoms with E-state index >= 15 is 0 Å². The largest absolute Gasteiger partial charge is 0.418 e. The predicted molar refractivity (Wildman–Crippen MR) is 85.7 cm³/mol. The van der Waals surface area contributed by atoms with Crippen molar-refractivity contribution in [2.75, 3.05) is 0 Å². The third-order valence-corrected chi connectivity index (χ3v) is 5.82. The van der Waals surface area contributed by atoms with Crippen LogP contribution in [0.5, 0.6) is 0 Å². The van der Waals surface area contributed by atoms with E-state index in [0.29, 0.717) is 0 Å². The summed E-state index contributed by atoms with van der Waals surface area (Å²) in [5.74, 6) is 0. The summed E-state index contributed by atoms with van der Waals surface area (Å²) in [4.78, 5) is -1.29. The number of benzene rings is 1. The summed E-state index contributed by atoms with van der Waals surface area (Å²) in [5, 5.41) is 13.6. The summed E-state index contributed by atoms with van der Waals surface area (Å²) in [5.41, 5.74) is -3.11. The third kappa shape index (κ3) is 3.73. The zero-order valence-electron chi connectivity index (χ0n) is 11.4. The van der Waals surface area contributed by atoms with Crippen molar-refractivity contribution in [3.63, 3.8) is 0 Å². The standard InChI is InChI=1S/C12H3Cl4F4N3OS/c13-8-5(1-21)7(11(17,18)19)10(25(24)12(15,16)20)9(14)6(8)4-2-22-23-3-4/h2-3H,(H,22,23). The zero-order valence-corrected chi connectivity index (χ0v) is 15.2. The highest BCUT2D eigenvalue weighted by atomic mass is 35.5. The van der Waals surface area contributed by atoms with Crippen molar-refractivity contribution in [3.8, 4) is 17.2 Å². The van der Waals surface area contributed by atoms with Crippen molar-refractivity contribution in [2.45, 2.75) is 15.0 Å². The zero-order chi connectivity index (χ0) is 19.2. The molecule has 1 unspecified atom stereocenters. The van der Waals surface area contributed by atoms with Crippen LogP contribution in [-0.4, -0.2) is 18.3 Å². The lowest BCUT2D eigenvalue weighted by molar-refractivity contribution is -0.140. The minimum atomic E-state index is -5.24. The molecule has 4 nitrogen and oxygen atoms in total. The van der Waals surface area contributed by atoms with Crippen LogP contribution >= 0.6 is 46.4 Å². The lowest BCUT2D eigenvalue weighted by atomic mass is 10.0. The van der Waals surface area contributed by atoms with E-state index < -0.39 is 47.0 Å². The fourth-order valence-corrected chi connectivity index (χ4v) is 4.23. The second-order valence-electron chi connectivity index (χ2n) is 4.39. The Bertz CT molecular complexity index is 888. The van der Waals surface area contributed by atoms with Crippen molar-refractivity contribution in [3.05, 3.63) is 33.6 Å². The normalized spacial score (nSPS) is 13.6. The van der Waals surface area contributed by atoms with E-state index in [-0.39, 0.29) is 11.1 Å². The second kappa shape index (κ2) is 6.93. The van der Waals surface area contributed by atoms with E-state index in [2.05, 4.69) is 10.2 Å². The molecule has 0 amide bonds. The maximum atomic E-state index is 13.7. The van der Waals surface area contributed by atoms with Crippen LogP contribution in [0.4, 0.5) is 17.6 Å². The lowest BCUT2D eigenvalue weighted by Crippen LogP contribution is -2.21. The number of nitriles is 1. The van der Waals surface area contributed by atoms with Gasteiger partial charge in [-0.3, -0.25) is 5.10 Å². The number of aromatic amines is 1. The van der Waals surface area contributed by atoms with Gasteiger partial charge in [-0.2, -0.15) is 27.9 Å². The summed E-state index contributed by atoms with van der Waals surface area (Å²) >= 11 is 22.0. The smallest absolute Gasteiger partial charge is 0.285 e. The van der Waals surface area contributed by atoms with Crippen molar-refractivity contribution >= 4 is 57.2 Å². The van der Waals surface area contributed by atoms with Crippen LogP contribution in [0, 0.1) is 11.3 Å². The molecule has 13 heteroatoms. The molecule has 0 aliphatic rings. The topological polar surface area (TPSA) is 69.5 Å². The van der Waals surface area contributed by atoms with E-state index in [4.69, 9.17) is 51.7 Å². The first kappa shape index (κ1) is 20.3. The highest BCUT2D eigenvalue weighted by molar-refractivity contribution is 7.89. The predicted octanol–water partition coefficient (Wildman–Crippen LogP) is 5.44. The molecule has 25 heavy (non-hydrogen) atoms. The fourth-order valence-electron chi connectivity index (χ4n) is 1.97. The van der Waals surface area contributed by atoms with Crippen molar-refractivity contribution in [2.24, 2.45) is 0 Å². The first-order valence-corrected chi connectivity index (χ1v) is 8.57. The van der Waals surface area contributed by atoms with Gasteiger partial charge in [-0.05, 0) is 0 Å². The van der Waals surface area contributed by atoms with Crippen molar-refractivity contribution in [1.82, 2.24) is 10.2 Å². The Labute approximate surface area is 160 Å². The monoisotopic (exact) mass is 453 g/mol. The van der Waals surface area contributed by atoms with Gasteiger partial charge in [0.2, 0.25) is 0 Å². The van der Waals surface area contributed by atoms with Gasteiger partial charge in [-0.1, -0.05) is 46.4 Å². The number of nitrogens with one attached hydrogen (secondary N) is 1. The van der Waals surface area contributed by atoms with E-state index in [0.717, 1.165) is 6.20 Å². The highest BCUT2D eigenvalue weighted by Gasteiger charge is 2.46. The molecule has 1 N–H and O–H groups in total. The van der Waals surface area contributed by atoms with Gasteiger partial charge in [-0.15, -0.1) is 0 Å². The molecule has 0 saturated carbocycles. The number of alkyl halides is 6.